The fraction of sp³-hybridized carbons (Fsp3) is 0.385. The average Bonchev–Trinajstić information content (AvgIpc) is 2.75. The van der Waals surface area contributed by atoms with Crippen molar-refractivity contribution < 1.29 is 0 Å². The molecule has 19 heavy (non-hydrogen) atoms. The molecule has 0 radical (unpaired) electrons. The van der Waals surface area contributed by atoms with Gasteiger partial charge in [-0.15, -0.1) is 0 Å². The van der Waals surface area contributed by atoms with E-state index in [1.54, 1.807) is 0 Å². The minimum Gasteiger partial charge on any atom is -0.338 e. The Morgan fingerprint density at radius 3 is 2.74 bits per heavy atom. The van der Waals surface area contributed by atoms with Gasteiger partial charge in [0.25, 0.3) is 0 Å². The second-order valence-electron chi connectivity index (χ2n) is 4.29. The van der Waals surface area contributed by atoms with Crippen molar-refractivity contribution in [3.8, 4) is 0 Å². The standard InChI is InChI=1S/C13H16Br2N4/c1-3-16-11(7-12-17-4-5-19(12)2)13-10(15)6-9(14)8-18-13/h4-6,8,11,16H,3,7H2,1-2H3. The van der Waals surface area contributed by atoms with Crippen LogP contribution in [-0.2, 0) is 13.5 Å². The Bertz CT molecular complexity index is 553. The Hall–Kier alpha value is -0.720. The van der Waals surface area contributed by atoms with E-state index in [4.69, 9.17) is 0 Å². The van der Waals surface area contributed by atoms with Crippen LogP contribution < -0.4 is 5.32 Å². The molecule has 1 atom stereocenters. The molecule has 2 rings (SSSR count). The molecule has 0 saturated carbocycles. The molecule has 0 fully saturated rings. The van der Waals surface area contributed by atoms with Gasteiger partial charge in [-0.25, -0.2) is 4.98 Å². The Kier molecular flexibility index (Phi) is 5.13. The van der Waals surface area contributed by atoms with Crippen LogP contribution in [0.4, 0.5) is 0 Å². The third-order valence-electron chi connectivity index (χ3n) is 2.92. The van der Waals surface area contributed by atoms with Crippen molar-refractivity contribution in [3.63, 3.8) is 0 Å². The largest absolute Gasteiger partial charge is 0.338 e. The number of imidazole rings is 1. The van der Waals surface area contributed by atoms with E-state index in [1.807, 2.05) is 36.3 Å². The number of rotatable bonds is 5. The number of hydrogen-bond acceptors (Lipinski definition) is 3. The zero-order valence-corrected chi connectivity index (χ0v) is 14.1. The number of halogens is 2. The summed E-state index contributed by atoms with van der Waals surface area (Å²) in [6.45, 7) is 2.98. The molecule has 0 aliphatic heterocycles. The van der Waals surface area contributed by atoms with Crippen LogP contribution in [0.15, 0.2) is 33.6 Å². The molecule has 0 saturated heterocycles. The van der Waals surface area contributed by atoms with E-state index in [9.17, 15) is 0 Å². The topological polar surface area (TPSA) is 42.7 Å². The number of likely N-dealkylation sites (N-methyl/N-ethyl adjacent to an activating group) is 1. The predicted octanol–water partition coefficient (Wildman–Crippen LogP) is 3.23. The molecular weight excluding hydrogens is 372 g/mol. The van der Waals surface area contributed by atoms with Gasteiger partial charge < -0.3 is 9.88 Å². The number of pyridine rings is 1. The Labute approximate surface area is 129 Å². The minimum atomic E-state index is 0.147. The lowest BCUT2D eigenvalue weighted by molar-refractivity contribution is 0.515. The van der Waals surface area contributed by atoms with Crippen molar-refractivity contribution in [2.24, 2.45) is 7.05 Å². The SMILES string of the molecule is CCNC(Cc1nccn1C)c1ncc(Br)cc1Br. The van der Waals surface area contributed by atoms with Crippen molar-refractivity contribution in [1.82, 2.24) is 19.9 Å². The number of nitrogens with zero attached hydrogens (tertiary/aromatic N) is 3. The molecule has 0 aliphatic carbocycles. The van der Waals surface area contributed by atoms with Crippen LogP contribution in [0.3, 0.4) is 0 Å². The maximum Gasteiger partial charge on any atom is 0.110 e. The van der Waals surface area contributed by atoms with Gasteiger partial charge in [-0.3, -0.25) is 4.98 Å². The maximum atomic E-state index is 4.51. The molecule has 102 valence electrons. The molecule has 0 amide bonds. The first-order valence-corrected chi connectivity index (χ1v) is 7.71. The molecule has 0 bridgehead atoms. The van der Waals surface area contributed by atoms with E-state index in [-0.39, 0.29) is 6.04 Å². The Balaban J connectivity index is 2.27. The van der Waals surface area contributed by atoms with Gasteiger partial charge in [-0.1, -0.05) is 6.92 Å². The van der Waals surface area contributed by atoms with Gasteiger partial charge in [-0.05, 0) is 44.5 Å². The third-order valence-corrected chi connectivity index (χ3v) is 3.99. The minimum absolute atomic E-state index is 0.147. The summed E-state index contributed by atoms with van der Waals surface area (Å²) >= 11 is 7.01. The molecule has 6 heteroatoms. The normalized spacial score (nSPS) is 12.6. The molecule has 0 spiro atoms. The number of aromatic nitrogens is 3. The molecule has 1 unspecified atom stereocenters. The Morgan fingerprint density at radius 2 is 2.16 bits per heavy atom. The molecule has 2 aromatic heterocycles. The van der Waals surface area contributed by atoms with E-state index >= 15 is 0 Å². The lowest BCUT2D eigenvalue weighted by atomic mass is 10.1. The van der Waals surface area contributed by atoms with Gasteiger partial charge >= 0.3 is 0 Å². The highest BCUT2D eigenvalue weighted by Crippen LogP contribution is 2.26. The zero-order valence-electron chi connectivity index (χ0n) is 10.9. The van der Waals surface area contributed by atoms with E-state index in [1.165, 1.54) is 0 Å². The van der Waals surface area contributed by atoms with Crippen molar-refractivity contribution in [1.29, 1.82) is 0 Å². The summed E-state index contributed by atoms with van der Waals surface area (Å²) in [6.07, 6.45) is 6.41. The number of aryl methyl sites for hydroxylation is 1. The molecule has 2 aromatic rings. The van der Waals surface area contributed by atoms with E-state index in [0.29, 0.717) is 0 Å². The first-order valence-electron chi connectivity index (χ1n) is 6.12. The second-order valence-corrected chi connectivity index (χ2v) is 6.06. The molecule has 2 heterocycles. The maximum absolute atomic E-state index is 4.51. The number of hydrogen-bond donors (Lipinski definition) is 1. The molecule has 0 aliphatic rings. The van der Waals surface area contributed by atoms with Crippen LogP contribution in [-0.4, -0.2) is 21.1 Å². The van der Waals surface area contributed by atoms with Gasteiger partial charge in [0, 0.05) is 41.0 Å². The highest BCUT2D eigenvalue weighted by Gasteiger charge is 2.18. The van der Waals surface area contributed by atoms with E-state index < -0.39 is 0 Å². The zero-order chi connectivity index (χ0) is 13.8. The fourth-order valence-corrected chi connectivity index (χ4v) is 3.23. The van der Waals surface area contributed by atoms with Crippen LogP contribution in [0.5, 0.6) is 0 Å². The molecule has 1 N–H and O–H groups in total. The van der Waals surface area contributed by atoms with Crippen molar-refractivity contribution in [2.75, 3.05) is 6.54 Å². The van der Waals surface area contributed by atoms with Crippen LogP contribution in [0.25, 0.3) is 0 Å². The second kappa shape index (κ2) is 6.63. The summed E-state index contributed by atoms with van der Waals surface area (Å²) in [4.78, 5) is 8.89. The van der Waals surface area contributed by atoms with E-state index in [0.717, 1.165) is 33.4 Å². The van der Waals surface area contributed by atoms with Crippen molar-refractivity contribution in [2.45, 2.75) is 19.4 Å². The average molecular weight is 388 g/mol. The lowest BCUT2D eigenvalue weighted by Gasteiger charge is -2.18. The monoisotopic (exact) mass is 386 g/mol. The van der Waals surface area contributed by atoms with Crippen LogP contribution in [0.2, 0.25) is 0 Å². The van der Waals surface area contributed by atoms with Crippen LogP contribution in [0, 0.1) is 0 Å². The quantitative estimate of drug-likeness (QED) is 0.856. The summed E-state index contributed by atoms with van der Waals surface area (Å²) in [5, 5.41) is 3.46. The fourth-order valence-electron chi connectivity index (χ4n) is 1.97. The van der Waals surface area contributed by atoms with E-state index in [2.05, 4.69) is 54.1 Å². The summed E-state index contributed by atoms with van der Waals surface area (Å²) in [6, 6.07) is 2.17. The third kappa shape index (κ3) is 3.64. The smallest absolute Gasteiger partial charge is 0.110 e. The van der Waals surface area contributed by atoms with Crippen LogP contribution in [0.1, 0.15) is 24.5 Å². The molecule has 4 nitrogen and oxygen atoms in total. The van der Waals surface area contributed by atoms with Crippen molar-refractivity contribution in [3.05, 3.63) is 45.1 Å². The first-order chi connectivity index (χ1) is 9.11. The lowest BCUT2D eigenvalue weighted by Crippen LogP contribution is -2.25. The Morgan fingerprint density at radius 1 is 1.37 bits per heavy atom. The molecule has 0 aromatic carbocycles. The van der Waals surface area contributed by atoms with Crippen molar-refractivity contribution >= 4 is 31.9 Å². The highest BCUT2D eigenvalue weighted by atomic mass is 79.9. The highest BCUT2D eigenvalue weighted by molar-refractivity contribution is 9.11. The summed E-state index contributed by atoms with van der Waals surface area (Å²) in [5.41, 5.74) is 1.01. The van der Waals surface area contributed by atoms with Gasteiger partial charge in [0.15, 0.2) is 0 Å². The van der Waals surface area contributed by atoms with Gasteiger partial charge in [-0.2, -0.15) is 0 Å². The van der Waals surface area contributed by atoms with Gasteiger partial charge in [0.05, 0.1) is 11.7 Å². The summed E-state index contributed by atoms with van der Waals surface area (Å²) in [5.74, 6) is 1.04. The number of nitrogens with one attached hydrogen (secondary N) is 1. The summed E-state index contributed by atoms with van der Waals surface area (Å²) in [7, 11) is 2.01. The first kappa shape index (κ1) is 14.7. The van der Waals surface area contributed by atoms with Gasteiger partial charge in [0.2, 0.25) is 0 Å². The predicted molar refractivity (Wildman–Crippen MR) is 83.0 cm³/mol. The summed E-state index contributed by atoms with van der Waals surface area (Å²) < 4.78 is 4.01. The molecular formula is C13H16Br2N4. The van der Waals surface area contributed by atoms with Crippen LogP contribution >= 0.6 is 31.9 Å². The van der Waals surface area contributed by atoms with Gasteiger partial charge in [0.1, 0.15) is 5.82 Å².